The van der Waals surface area contributed by atoms with Crippen LogP contribution in [0.2, 0.25) is 0 Å². The second-order valence-corrected chi connectivity index (χ2v) is 5.60. The number of barbiturate groups is 1. The van der Waals surface area contributed by atoms with E-state index in [0.717, 1.165) is 10.5 Å². The number of benzene rings is 1. The molecule has 7 heteroatoms. The third-order valence-corrected chi connectivity index (χ3v) is 3.70. The summed E-state index contributed by atoms with van der Waals surface area (Å²) in [6, 6.07) is 11.6. The molecule has 3 rings (SSSR count). The lowest BCUT2D eigenvalue weighted by molar-refractivity contribution is -0.131. The average molecular weight is 336 g/mol. The van der Waals surface area contributed by atoms with Gasteiger partial charge in [-0.2, -0.15) is 0 Å². The van der Waals surface area contributed by atoms with Gasteiger partial charge in [-0.3, -0.25) is 24.9 Å². The number of aryl methyl sites for hydroxylation is 1. The number of carbonyl (C=O) groups excluding carboxylic acids is 3. The number of nitrogens with one attached hydrogen (secondary N) is 1. The molecule has 0 bridgehead atoms. The summed E-state index contributed by atoms with van der Waals surface area (Å²) in [5.74, 6) is -2.45. The van der Waals surface area contributed by atoms with Gasteiger partial charge in [-0.05, 0) is 36.8 Å². The molecule has 1 N–H and O–H groups in total. The Bertz CT molecular complexity index is 848. The summed E-state index contributed by atoms with van der Waals surface area (Å²) in [6.07, 6.45) is 2.91. The molecular weight excluding hydrogens is 320 g/mol. The SMILES string of the molecule is Cc1cccc(N2C(=O)NC(=O)[C@H](C=NCc3ccccn3)C2=O)c1. The van der Waals surface area contributed by atoms with Crippen LogP contribution < -0.4 is 10.2 Å². The van der Waals surface area contributed by atoms with Crippen LogP contribution in [0.1, 0.15) is 11.3 Å². The molecule has 0 aliphatic carbocycles. The first-order valence-electron chi connectivity index (χ1n) is 7.71. The van der Waals surface area contributed by atoms with Crippen molar-refractivity contribution in [3.63, 3.8) is 0 Å². The molecule has 1 atom stereocenters. The quantitative estimate of drug-likeness (QED) is 0.681. The number of aromatic nitrogens is 1. The lowest BCUT2D eigenvalue weighted by atomic mass is 10.1. The third-order valence-electron chi connectivity index (χ3n) is 3.70. The maximum absolute atomic E-state index is 12.6. The Labute approximate surface area is 144 Å². The van der Waals surface area contributed by atoms with Crippen LogP contribution in [0.25, 0.3) is 0 Å². The molecular formula is C18H16N4O3. The largest absolute Gasteiger partial charge is 0.335 e. The Hall–Kier alpha value is -3.35. The highest BCUT2D eigenvalue weighted by molar-refractivity contribution is 6.32. The molecule has 0 unspecified atom stereocenters. The van der Waals surface area contributed by atoms with E-state index in [9.17, 15) is 14.4 Å². The Morgan fingerprint density at radius 3 is 2.76 bits per heavy atom. The van der Waals surface area contributed by atoms with Crippen molar-refractivity contribution in [2.75, 3.05) is 4.90 Å². The van der Waals surface area contributed by atoms with Gasteiger partial charge in [0.15, 0.2) is 5.92 Å². The molecule has 0 spiro atoms. The fraction of sp³-hybridized carbons (Fsp3) is 0.167. The van der Waals surface area contributed by atoms with E-state index in [4.69, 9.17) is 0 Å². The number of amides is 4. The number of rotatable bonds is 4. The Morgan fingerprint density at radius 2 is 2.04 bits per heavy atom. The molecule has 0 saturated carbocycles. The second kappa shape index (κ2) is 7.04. The number of urea groups is 1. The molecule has 1 aromatic heterocycles. The van der Waals surface area contributed by atoms with E-state index in [1.807, 2.05) is 19.1 Å². The maximum Gasteiger partial charge on any atom is 0.335 e. The zero-order valence-corrected chi connectivity index (χ0v) is 13.5. The number of carbonyl (C=O) groups is 3. The normalized spacial score (nSPS) is 17.9. The first-order chi connectivity index (χ1) is 12.1. The topological polar surface area (TPSA) is 91.7 Å². The smallest absolute Gasteiger partial charge is 0.290 e. The van der Waals surface area contributed by atoms with Gasteiger partial charge >= 0.3 is 6.03 Å². The van der Waals surface area contributed by atoms with Crippen LogP contribution in [-0.2, 0) is 16.1 Å². The van der Waals surface area contributed by atoms with E-state index >= 15 is 0 Å². The maximum atomic E-state index is 12.6. The van der Waals surface area contributed by atoms with Gasteiger partial charge in [0.1, 0.15) is 0 Å². The summed E-state index contributed by atoms with van der Waals surface area (Å²) >= 11 is 0. The zero-order valence-electron chi connectivity index (χ0n) is 13.5. The van der Waals surface area contributed by atoms with Crippen LogP contribution >= 0.6 is 0 Å². The van der Waals surface area contributed by atoms with Crippen molar-refractivity contribution in [2.24, 2.45) is 10.9 Å². The van der Waals surface area contributed by atoms with Crippen LogP contribution in [0.4, 0.5) is 10.5 Å². The summed E-state index contributed by atoms with van der Waals surface area (Å²) in [5.41, 5.74) is 2.03. The van der Waals surface area contributed by atoms with Gasteiger partial charge in [0.25, 0.3) is 5.91 Å². The van der Waals surface area contributed by atoms with Crippen LogP contribution in [-0.4, -0.2) is 29.0 Å². The molecule has 7 nitrogen and oxygen atoms in total. The first kappa shape index (κ1) is 16.5. The third kappa shape index (κ3) is 3.60. The van der Waals surface area contributed by atoms with Crippen molar-refractivity contribution in [3.05, 3.63) is 59.9 Å². The summed E-state index contributed by atoms with van der Waals surface area (Å²) in [5, 5.41) is 2.20. The number of nitrogens with zero attached hydrogens (tertiary/aromatic N) is 3. The van der Waals surface area contributed by atoms with Crippen LogP contribution in [0.3, 0.4) is 0 Å². The lowest BCUT2D eigenvalue weighted by Gasteiger charge is -2.28. The number of pyridine rings is 1. The lowest BCUT2D eigenvalue weighted by Crippen LogP contribution is -2.58. The minimum atomic E-state index is -1.15. The molecule has 1 aliphatic heterocycles. The number of hydrogen-bond acceptors (Lipinski definition) is 5. The number of anilines is 1. The average Bonchev–Trinajstić information content (AvgIpc) is 2.58. The van der Waals surface area contributed by atoms with E-state index in [-0.39, 0.29) is 6.54 Å². The van der Waals surface area contributed by atoms with Crippen LogP contribution in [0, 0.1) is 12.8 Å². The van der Waals surface area contributed by atoms with E-state index < -0.39 is 23.8 Å². The predicted molar refractivity (Wildman–Crippen MR) is 92.1 cm³/mol. The van der Waals surface area contributed by atoms with Crippen molar-refractivity contribution >= 4 is 29.7 Å². The summed E-state index contributed by atoms with van der Waals surface area (Å²) in [7, 11) is 0. The van der Waals surface area contributed by atoms with E-state index in [1.165, 1.54) is 6.21 Å². The zero-order chi connectivity index (χ0) is 17.8. The molecule has 25 heavy (non-hydrogen) atoms. The molecule has 0 radical (unpaired) electrons. The highest BCUT2D eigenvalue weighted by Crippen LogP contribution is 2.21. The Balaban J connectivity index is 1.80. The first-order valence-corrected chi connectivity index (χ1v) is 7.71. The van der Waals surface area contributed by atoms with Crippen molar-refractivity contribution < 1.29 is 14.4 Å². The van der Waals surface area contributed by atoms with E-state index in [2.05, 4.69) is 15.3 Å². The predicted octanol–water partition coefficient (Wildman–Crippen LogP) is 1.86. The van der Waals surface area contributed by atoms with Gasteiger partial charge in [-0.15, -0.1) is 0 Å². The number of hydrogen-bond donors (Lipinski definition) is 1. The minimum Gasteiger partial charge on any atom is -0.290 e. The summed E-state index contributed by atoms with van der Waals surface area (Å²) in [6.45, 7) is 2.10. The molecule has 2 heterocycles. The van der Waals surface area contributed by atoms with Gasteiger partial charge in [0.2, 0.25) is 5.91 Å². The van der Waals surface area contributed by atoms with Crippen molar-refractivity contribution in [3.8, 4) is 0 Å². The molecule has 1 saturated heterocycles. The van der Waals surface area contributed by atoms with Crippen LogP contribution in [0.5, 0.6) is 0 Å². The van der Waals surface area contributed by atoms with Gasteiger partial charge in [0.05, 0.1) is 17.9 Å². The number of imide groups is 2. The van der Waals surface area contributed by atoms with Crippen molar-refractivity contribution in [2.45, 2.75) is 13.5 Å². The van der Waals surface area contributed by atoms with E-state index in [0.29, 0.717) is 11.4 Å². The fourth-order valence-electron chi connectivity index (χ4n) is 2.48. The van der Waals surface area contributed by atoms with Gasteiger partial charge < -0.3 is 0 Å². The highest BCUT2D eigenvalue weighted by atomic mass is 16.2. The Kier molecular flexibility index (Phi) is 4.65. The van der Waals surface area contributed by atoms with Crippen LogP contribution in [0.15, 0.2) is 53.7 Å². The highest BCUT2D eigenvalue weighted by Gasteiger charge is 2.40. The monoisotopic (exact) mass is 336 g/mol. The molecule has 2 aromatic rings. The van der Waals surface area contributed by atoms with E-state index in [1.54, 1.807) is 36.5 Å². The molecule has 126 valence electrons. The van der Waals surface area contributed by atoms with Gasteiger partial charge in [0, 0.05) is 12.4 Å². The molecule has 1 fully saturated rings. The van der Waals surface area contributed by atoms with Gasteiger partial charge in [-0.1, -0.05) is 18.2 Å². The Morgan fingerprint density at radius 1 is 1.20 bits per heavy atom. The standard InChI is InChI=1S/C18H16N4O3/c1-12-5-4-7-14(9-12)22-17(24)15(16(23)21-18(22)25)11-19-10-13-6-2-3-8-20-13/h2-9,11,15H,10H2,1H3,(H,21,23,25)/t15-/m0/s1. The molecule has 1 aliphatic rings. The van der Waals surface area contributed by atoms with Crippen molar-refractivity contribution in [1.29, 1.82) is 0 Å². The fourth-order valence-corrected chi connectivity index (χ4v) is 2.48. The van der Waals surface area contributed by atoms with Gasteiger partial charge in [-0.25, -0.2) is 9.69 Å². The van der Waals surface area contributed by atoms with Crippen molar-refractivity contribution in [1.82, 2.24) is 10.3 Å². The number of aliphatic imine (C=N–C) groups is 1. The summed E-state index contributed by atoms with van der Waals surface area (Å²) in [4.78, 5) is 46.0. The molecule has 4 amide bonds. The summed E-state index contributed by atoms with van der Waals surface area (Å²) < 4.78 is 0. The molecule has 1 aromatic carbocycles. The second-order valence-electron chi connectivity index (χ2n) is 5.60. The minimum absolute atomic E-state index is 0.246.